The molecule has 130 valence electrons. The van der Waals surface area contributed by atoms with Crippen LogP contribution in [-0.4, -0.2) is 28.2 Å². The molecular formula is C19H16N4O2S. The third-order valence-electron chi connectivity index (χ3n) is 4.06. The second-order valence-corrected chi connectivity index (χ2v) is 6.76. The smallest absolute Gasteiger partial charge is 0.267 e. The molecule has 7 heteroatoms. The van der Waals surface area contributed by atoms with E-state index in [-0.39, 0.29) is 5.91 Å². The number of para-hydroxylation sites is 1. The highest BCUT2D eigenvalue weighted by atomic mass is 32.1. The lowest BCUT2D eigenvalue weighted by molar-refractivity contribution is 0.103. The Morgan fingerprint density at radius 1 is 1.19 bits per heavy atom. The number of aromatic nitrogens is 3. The van der Waals surface area contributed by atoms with Gasteiger partial charge in [-0.25, -0.2) is 4.98 Å². The molecule has 4 aromatic rings. The number of hydrogen-bond acceptors (Lipinski definition) is 5. The predicted molar refractivity (Wildman–Crippen MR) is 103 cm³/mol. The quantitative estimate of drug-likeness (QED) is 0.567. The Morgan fingerprint density at radius 3 is 2.77 bits per heavy atom. The first-order valence-electron chi connectivity index (χ1n) is 8.01. The molecule has 0 unspecified atom stereocenters. The molecule has 0 bridgehead atoms. The van der Waals surface area contributed by atoms with Gasteiger partial charge < -0.3 is 10.1 Å². The van der Waals surface area contributed by atoms with Gasteiger partial charge in [0.15, 0.2) is 0 Å². The van der Waals surface area contributed by atoms with Gasteiger partial charge in [-0.2, -0.15) is 5.10 Å². The highest BCUT2D eigenvalue weighted by Crippen LogP contribution is 2.30. The number of aryl methyl sites for hydroxylation is 1. The first-order valence-corrected chi connectivity index (χ1v) is 8.82. The second kappa shape index (κ2) is 6.61. The van der Waals surface area contributed by atoms with Crippen molar-refractivity contribution in [1.82, 2.24) is 15.2 Å². The van der Waals surface area contributed by atoms with Gasteiger partial charge in [-0.3, -0.25) is 9.89 Å². The van der Waals surface area contributed by atoms with Crippen molar-refractivity contribution in [2.45, 2.75) is 6.92 Å². The number of rotatable bonds is 4. The van der Waals surface area contributed by atoms with E-state index in [0.717, 1.165) is 27.2 Å². The van der Waals surface area contributed by atoms with E-state index >= 15 is 0 Å². The fraction of sp³-hybridized carbons (Fsp3) is 0.105. The molecule has 0 spiro atoms. The first-order chi connectivity index (χ1) is 12.7. The van der Waals surface area contributed by atoms with Crippen LogP contribution in [-0.2, 0) is 0 Å². The Labute approximate surface area is 153 Å². The number of thiazole rings is 1. The predicted octanol–water partition coefficient (Wildman–Crippen LogP) is 4.26. The zero-order chi connectivity index (χ0) is 18.1. The number of hydrogen-bond donors (Lipinski definition) is 2. The van der Waals surface area contributed by atoms with Gasteiger partial charge in [0.25, 0.3) is 5.91 Å². The minimum atomic E-state index is -0.179. The maximum atomic E-state index is 12.8. The lowest BCUT2D eigenvalue weighted by Gasteiger charge is -2.05. The fourth-order valence-corrected chi connectivity index (χ4v) is 3.68. The van der Waals surface area contributed by atoms with Gasteiger partial charge in [0.2, 0.25) is 0 Å². The summed E-state index contributed by atoms with van der Waals surface area (Å²) in [6.45, 7) is 1.84. The maximum Gasteiger partial charge on any atom is 0.267 e. The normalized spacial score (nSPS) is 10.8. The number of anilines is 1. The average molecular weight is 364 g/mol. The average Bonchev–Trinajstić information content (AvgIpc) is 3.29. The number of methoxy groups -OCH3 is 1. The number of ether oxygens (including phenoxy) is 1. The van der Waals surface area contributed by atoms with Crippen LogP contribution in [0.15, 0.2) is 48.7 Å². The second-order valence-electron chi connectivity index (χ2n) is 5.76. The Kier molecular flexibility index (Phi) is 4.14. The highest BCUT2D eigenvalue weighted by molar-refractivity contribution is 7.17. The molecule has 2 heterocycles. The van der Waals surface area contributed by atoms with E-state index in [1.807, 2.05) is 49.4 Å². The minimum Gasteiger partial charge on any atom is -0.497 e. The topological polar surface area (TPSA) is 79.9 Å². The monoisotopic (exact) mass is 364 g/mol. The van der Waals surface area contributed by atoms with Crippen LogP contribution in [0.2, 0.25) is 0 Å². The summed E-state index contributed by atoms with van der Waals surface area (Å²) in [6, 6.07) is 13.3. The highest BCUT2D eigenvalue weighted by Gasteiger charge is 2.17. The zero-order valence-corrected chi connectivity index (χ0v) is 15.1. The van der Waals surface area contributed by atoms with Gasteiger partial charge in [-0.1, -0.05) is 12.1 Å². The number of aromatic amines is 1. The molecule has 2 aromatic heterocycles. The van der Waals surface area contributed by atoms with Crippen molar-refractivity contribution in [3.8, 4) is 16.3 Å². The molecule has 2 N–H and O–H groups in total. The van der Waals surface area contributed by atoms with Gasteiger partial charge >= 0.3 is 0 Å². The van der Waals surface area contributed by atoms with Crippen molar-refractivity contribution >= 4 is 33.8 Å². The molecule has 2 aromatic carbocycles. The summed E-state index contributed by atoms with van der Waals surface area (Å²) in [5, 5.41) is 11.6. The molecule has 0 saturated carbocycles. The van der Waals surface area contributed by atoms with Crippen LogP contribution in [0.3, 0.4) is 0 Å². The third-order valence-corrected chi connectivity index (χ3v) is 5.27. The molecule has 6 nitrogen and oxygen atoms in total. The van der Waals surface area contributed by atoms with Crippen molar-refractivity contribution in [2.75, 3.05) is 12.4 Å². The molecule has 0 aliphatic carbocycles. The van der Waals surface area contributed by atoms with Gasteiger partial charge in [-0.15, -0.1) is 11.3 Å². The van der Waals surface area contributed by atoms with Gasteiger partial charge in [0.1, 0.15) is 15.6 Å². The van der Waals surface area contributed by atoms with E-state index in [0.29, 0.717) is 16.3 Å². The number of fused-ring (bicyclic) bond motifs is 1. The zero-order valence-electron chi connectivity index (χ0n) is 14.2. The van der Waals surface area contributed by atoms with Crippen molar-refractivity contribution in [1.29, 1.82) is 0 Å². The largest absolute Gasteiger partial charge is 0.497 e. The number of H-pyrrole nitrogens is 1. The summed E-state index contributed by atoms with van der Waals surface area (Å²) < 4.78 is 5.18. The van der Waals surface area contributed by atoms with Crippen molar-refractivity contribution in [3.63, 3.8) is 0 Å². The van der Waals surface area contributed by atoms with Crippen LogP contribution in [0.25, 0.3) is 21.5 Å². The Hall–Kier alpha value is -3.19. The first kappa shape index (κ1) is 16.3. The van der Waals surface area contributed by atoms with E-state index in [4.69, 9.17) is 4.74 Å². The van der Waals surface area contributed by atoms with Crippen LogP contribution in [0.1, 0.15) is 15.4 Å². The summed E-state index contributed by atoms with van der Waals surface area (Å²) in [5.41, 5.74) is 3.16. The summed E-state index contributed by atoms with van der Waals surface area (Å²) in [5.74, 6) is 0.606. The van der Waals surface area contributed by atoms with Gasteiger partial charge in [-0.05, 0) is 37.3 Å². The Bertz CT molecular complexity index is 1080. The van der Waals surface area contributed by atoms with Crippen molar-refractivity contribution in [3.05, 3.63) is 59.2 Å². The van der Waals surface area contributed by atoms with Crippen LogP contribution >= 0.6 is 11.3 Å². The number of nitrogens with one attached hydrogen (secondary N) is 2. The standard InChI is InChI=1S/C19H16N4O2S/c1-11-17(26-19(21-11)12-6-8-14(25-2)9-7-12)18(24)22-15-5-3-4-13-10-20-23-16(13)15/h3-10H,1-2H3,(H,20,23)(H,22,24). The molecule has 0 aliphatic heterocycles. The van der Waals surface area contributed by atoms with E-state index in [2.05, 4.69) is 20.5 Å². The number of nitrogens with zero attached hydrogens (tertiary/aromatic N) is 2. The molecule has 0 aliphatic rings. The van der Waals surface area contributed by atoms with Crippen LogP contribution in [0.4, 0.5) is 5.69 Å². The lowest BCUT2D eigenvalue weighted by atomic mass is 10.2. The molecule has 4 rings (SSSR count). The molecule has 0 atom stereocenters. The summed E-state index contributed by atoms with van der Waals surface area (Å²) in [6.07, 6.45) is 1.73. The van der Waals surface area contributed by atoms with E-state index in [1.165, 1.54) is 11.3 Å². The SMILES string of the molecule is COc1ccc(-c2nc(C)c(C(=O)Nc3cccc4cn[nH]c34)s2)cc1. The lowest BCUT2D eigenvalue weighted by Crippen LogP contribution is -2.11. The Balaban J connectivity index is 1.62. The van der Waals surface area contributed by atoms with Crippen LogP contribution in [0.5, 0.6) is 5.75 Å². The molecule has 26 heavy (non-hydrogen) atoms. The van der Waals surface area contributed by atoms with E-state index in [1.54, 1.807) is 13.3 Å². The summed E-state index contributed by atoms with van der Waals surface area (Å²) >= 11 is 1.37. The molecule has 0 radical (unpaired) electrons. The molecule has 0 fully saturated rings. The van der Waals surface area contributed by atoms with Gasteiger partial charge in [0.05, 0.1) is 30.2 Å². The third kappa shape index (κ3) is 2.93. The molecule has 1 amide bonds. The maximum absolute atomic E-state index is 12.8. The summed E-state index contributed by atoms with van der Waals surface area (Å²) in [7, 11) is 1.63. The van der Waals surface area contributed by atoms with E-state index < -0.39 is 0 Å². The molecular weight excluding hydrogens is 348 g/mol. The van der Waals surface area contributed by atoms with Crippen molar-refractivity contribution in [2.24, 2.45) is 0 Å². The minimum absolute atomic E-state index is 0.179. The number of carbonyl (C=O) groups is 1. The number of benzene rings is 2. The van der Waals surface area contributed by atoms with Crippen LogP contribution in [0, 0.1) is 6.92 Å². The fourth-order valence-electron chi connectivity index (χ4n) is 2.72. The van der Waals surface area contributed by atoms with Crippen LogP contribution < -0.4 is 10.1 Å². The van der Waals surface area contributed by atoms with Gasteiger partial charge in [0, 0.05) is 10.9 Å². The summed E-state index contributed by atoms with van der Waals surface area (Å²) in [4.78, 5) is 17.9. The van der Waals surface area contributed by atoms with Crippen molar-refractivity contribution < 1.29 is 9.53 Å². The number of carbonyl (C=O) groups excluding carboxylic acids is 1. The Morgan fingerprint density at radius 2 is 2.00 bits per heavy atom. The van der Waals surface area contributed by atoms with E-state index in [9.17, 15) is 4.79 Å². The molecule has 0 saturated heterocycles. The number of amides is 1.